The Morgan fingerprint density at radius 3 is 2.38 bits per heavy atom. The minimum Gasteiger partial charge on any atom is -0.491 e. The van der Waals surface area contributed by atoms with Crippen LogP contribution in [0.4, 0.5) is 0 Å². The molecular weight excluding hydrogens is 266 g/mol. The van der Waals surface area contributed by atoms with Gasteiger partial charge in [0.2, 0.25) is 0 Å². The van der Waals surface area contributed by atoms with E-state index in [-0.39, 0.29) is 5.41 Å². The first-order chi connectivity index (χ1) is 9.95. The summed E-state index contributed by atoms with van der Waals surface area (Å²) in [5.41, 5.74) is 1.44. The summed E-state index contributed by atoms with van der Waals surface area (Å²) in [7, 11) is 0. The van der Waals surface area contributed by atoms with Crippen molar-refractivity contribution >= 4 is 0 Å². The fourth-order valence-corrected chi connectivity index (χ4v) is 2.50. The Morgan fingerprint density at radius 2 is 1.81 bits per heavy atom. The smallest absolute Gasteiger partial charge is 0.137 e. The maximum atomic E-state index is 10.1. The second kappa shape index (κ2) is 7.25. The lowest BCUT2D eigenvalue weighted by Gasteiger charge is -2.25. The van der Waals surface area contributed by atoms with Crippen molar-refractivity contribution in [3.63, 3.8) is 0 Å². The van der Waals surface area contributed by atoms with E-state index in [1.54, 1.807) is 0 Å². The van der Waals surface area contributed by atoms with Crippen LogP contribution in [0.25, 0.3) is 0 Å². The quantitative estimate of drug-likeness (QED) is 0.837. The van der Waals surface area contributed by atoms with E-state index in [0.717, 1.165) is 38.6 Å². The maximum absolute atomic E-state index is 10.1. The van der Waals surface area contributed by atoms with Crippen molar-refractivity contribution in [3.05, 3.63) is 29.8 Å². The van der Waals surface area contributed by atoms with Crippen molar-refractivity contribution in [1.82, 2.24) is 0 Å². The fourth-order valence-electron chi connectivity index (χ4n) is 2.50. The minimum absolute atomic E-state index is 0.151. The van der Waals surface area contributed by atoms with Gasteiger partial charge in [0.05, 0.1) is 13.2 Å². The van der Waals surface area contributed by atoms with Crippen LogP contribution in [-0.4, -0.2) is 50.7 Å². The summed E-state index contributed by atoms with van der Waals surface area (Å²) in [4.78, 5) is 1.39. The van der Waals surface area contributed by atoms with Crippen molar-refractivity contribution in [2.24, 2.45) is 0 Å². The highest BCUT2D eigenvalue weighted by atomic mass is 16.5. The molecule has 0 spiro atoms. The van der Waals surface area contributed by atoms with Gasteiger partial charge in [-0.15, -0.1) is 0 Å². The van der Waals surface area contributed by atoms with Gasteiger partial charge in [-0.25, -0.2) is 0 Å². The predicted molar refractivity (Wildman–Crippen MR) is 83.0 cm³/mol. The average molecular weight is 294 g/mol. The molecule has 1 saturated heterocycles. The third-order valence-corrected chi connectivity index (χ3v) is 3.89. The van der Waals surface area contributed by atoms with Crippen LogP contribution in [0.15, 0.2) is 24.3 Å². The number of aliphatic hydroxyl groups excluding tert-OH is 1. The van der Waals surface area contributed by atoms with Gasteiger partial charge in [0.15, 0.2) is 0 Å². The number of benzene rings is 1. The van der Waals surface area contributed by atoms with Crippen LogP contribution in [-0.2, 0) is 10.2 Å². The molecule has 1 aromatic carbocycles. The topological polar surface area (TPSA) is 43.1 Å². The molecule has 4 heteroatoms. The Morgan fingerprint density at radius 1 is 1.19 bits per heavy atom. The van der Waals surface area contributed by atoms with E-state index in [4.69, 9.17) is 9.47 Å². The van der Waals surface area contributed by atoms with E-state index in [0.29, 0.717) is 6.61 Å². The molecule has 0 radical (unpaired) electrons. The number of ether oxygens (including phenoxy) is 2. The van der Waals surface area contributed by atoms with Crippen LogP contribution >= 0.6 is 0 Å². The molecule has 0 bridgehead atoms. The van der Waals surface area contributed by atoms with Gasteiger partial charge in [0, 0.05) is 0 Å². The summed E-state index contributed by atoms with van der Waals surface area (Å²) in [6, 6.07) is 8.15. The van der Waals surface area contributed by atoms with Crippen LogP contribution < -0.4 is 9.64 Å². The summed E-state index contributed by atoms with van der Waals surface area (Å²) in [5, 5.41) is 10.1. The van der Waals surface area contributed by atoms with Gasteiger partial charge < -0.3 is 19.5 Å². The molecular formula is C17H28NO3+. The number of hydrogen-bond acceptors (Lipinski definition) is 3. The third kappa shape index (κ3) is 5.30. The highest BCUT2D eigenvalue weighted by Gasteiger charge is 2.19. The van der Waals surface area contributed by atoms with E-state index in [1.165, 1.54) is 10.5 Å². The molecule has 1 unspecified atom stereocenters. The number of aliphatic hydroxyl groups is 1. The summed E-state index contributed by atoms with van der Waals surface area (Å²) >= 11 is 0. The van der Waals surface area contributed by atoms with Crippen molar-refractivity contribution in [1.29, 1.82) is 0 Å². The molecule has 118 valence electrons. The highest BCUT2D eigenvalue weighted by Crippen LogP contribution is 2.24. The van der Waals surface area contributed by atoms with Crippen molar-refractivity contribution < 1.29 is 19.5 Å². The maximum Gasteiger partial charge on any atom is 0.137 e. The molecule has 0 aromatic heterocycles. The lowest BCUT2D eigenvalue weighted by Crippen LogP contribution is -3.15. The molecule has 2 rings (SSSR count). The van der Waals surface area contributed by atoms with Gasteiger partial charge in [-0.2, -0.15) is 0 Å². The van der Waals surface area contributed by atoms with Crippen LogP contribution in [0, 0.1) is 0 Å². The number of rotatable bonds is 5. The molecule has 0 aliphatic carbocycles. The molecule has 2 N–H and O–H groups in total. The van der Waals surface area contributed by atoms with Crippen LogP contribution in [0.3, 0.4) is 0 Å². The van der Waals surface area contributed by atoms with E-state index in [1.807, 2.05) is 12.1 Å². The lowest BCUT2D eigenvalue weighted by atomic mass is 9.87. The molecule has 0 saturated carbocycles. The second-order valence-electron chi connectivity index (χ2n) is 6.81. The van der Waals surface area contributed by atoms with Crippen LogP contribution in [0.2, 0.25) is 0 Å². The fraction of sp³-hybridized carbons (Fsp3) is 0.647. The lowest BCUT2D eigenvalue weighted by molar-refractivity contribution is -0.911. The zero-order valence-corrected chi connectivity index (χ0v) is 13.4. The third-order valence-electron chi connectivity index (χ3n) is 3.89. The van der Waals surface area contributed by atoms with E-state index in [9.17, 15) is 5.11 Å². The van der Waals surface area contributed by atoms with E-state index < -0.39 is 6.10 Å². The van der Waals surface area contributed by atoms with Crippen molar-refractivity contribution in [3.8, 4) is 5.75 Å². The molecule has 1 fully saturated rings. The molecule has 1 aliphatic heterocycles. The Bertz CT molecular complexity index is 419. The van der Waals surface area contributed by atoms with Crippen LogP contribution in [0.5, 0.6) is 5.75 Å². The van der Waals surface area contributed by atoms with E-state index >= 15 is 0 Å². The zero-order valence-electron chi connectivity index (χ0n) is 13.4. The molecule has 1 atom stereocenters. The number of hydrogen-bond donors (Lipinski definition) is 2. The zero-order chi connectivity index (χ0) is 15.3. The molecule has 1 heterocycles. The Kier molecular flexibility index (Phi) is 5.62. The van der Waals surface area contributed by atoms with Gasteiger partial charge >= 0.3 is 0 Å². The largest absolute Gasteiger partial charge is 0.491 e. The summed E-state index contributed by atoms with van der Waals surface area (Å²) in [6.45, 7) is 11.2. The predicted octanol–water partition coefficient (Wildman–Crippen LogP) is 0.639. The Labute approximate surface area is 127 Å². The second-order valence-corrected chi connectivity index (χ2v) is 6.81. The first kappa shape index (κ1) is 16.3. The van der Waals surface area contributed by atoms with Gasteiger partial charge in [-0.05, 0) is 23.1 Å². The summed E-state index contributed by atoms with van der Waals surface area (Å²) in [6.07, 6.45) is -0.430. The first-order valence-electron chi connectivity index (χ1n) is 7.78. The first-order valence-corrected chi connectivity index (χ1v) is 7.78. The molecule has 4 nitrogen and oxygen atoms in total. The highest BCUT2D eigenvalue weighted by molar-refractivity contribution is 5.31. The standard InChI is InChI=1S/C17H27NO3/c1-17(2,3)14-4-6-16(7-5-14)21-13-15(19)12-18-8-10-20-11-9-18/h4-7,15,19H,8-13H2,1-3H3/p+1. The molecule has 1 aliphatic rings. The normalized spacial score (nSPS) is 18.5. The number of nitrogens with one attached hydrogen (secondary N) is 1. The van der Waals surface area contributed by atoms with Gasteiger partial charge in [-0.1, -0.05) is 32.9 Å². The van der Waals surface area contributed by atoms with Gasteiger partial charge in [0.25, 0.3) is 0 Å². The molecule has 21 heavy (non-hydrogen) atoms. The van der Waals surface area contributed by atoms with Gasteiger partial charge in [0.1, 0.15) is 38.1 Å². The van der Waals surface area contributed by atoms with Crippen molar-refractivity contribution in [2.75, 3.05) is 39.5 Å². The monoisotopic (exact) mass is 294 g/mol. The average Bonchev–Trinajstić information content (AvgIpc) is 2.46. The van der Waals surface area contributed by atoms with Gasteiger partial charge in [-0.3, -0.25) is 0 Å². The van der Waals surface area contributed by atoms with E-state index in [2.05, 4.69) is 32.9 Å². The van der Waals surface area contributed by atoms with Crippen LogP contribution in [0.1, 0.15) is 26.3 Å². The number of quaternary nitrogens is 1. The molecule has 0 amide bonds. The summed E-state index contributed by atoms with van der Waals surface area (Å²) < 4.78 is 11.0. The summed E-state index contributed by atoms with van der Waals surface area (Å²) in [5.74, 6) is 0.819. The molecule has 1 aromatic rings. The van der Waals surface area contributed by atoms with Crippen molar-refractivity contribution in [2.45, 2.75) is 32.3 Å². The Hall–Kier alpha value is -1.10. The Balaban J connectivity index is 1.76. The minimum atomic E-state index is -0.430. The SMILES string of the molecule is CC(C)(C)c1ccc(OCC(O)C[NH+]2CCOCC2)cc1. The number of morpholine rings is 1.